The molecule has 142 valence electrons. The highest BCUT2D eigenvalue weighted by Crippen LogP contribution is 2.22. The molecule has 3 aromatic rings. The van der Waals surface area contributed by atoms with Crippen LogP contribution in [0.1, 0.15) is 42.5 Å². The van der Waals surface area contributed by atoms with Gasteiger partial charge in [0.15, 0.2) is 6.61 Å². The quantitative estimate of drug-likeness (QED) is 0.368. The number of rotatable bonds is 6. The predicted octanol–water partition coefficient (Wildman–Crippen LogP) is 4.09. The minimum absolute atomic E-state index is 0.253. The smallest absolute Gasteiger partial charge is 0.338 e. The summed E-state index contributed by atoms with van der Waals surface area (Å²) in [4.78, 5) is 35.3. The fourth-order valence-electron chi connectivity index (χ4n) is 3.05. The lowest BCUT2D eigenvalue weighted by Gasteiger charge is -2.10. The van der Waals surface area contributed by atoms with E-state index in [9.17, 15) is 18.8 Å². The van der Waals surface area contributed by atoms with Crippen LogP contribution in [0.25, 0.3) is 5.69 Å². The largest absolute Gasteiger partial charge is 0.454 e. The van der Waals surface area contributed by atoms with Crippen LogP contribution in [-0.2, 0) is 4.74 Å². The molecule has 0 bridgehead atoms. The lowest BCUT2D eigenvalue weighted by Crippen LogP contribution is -2.15. The first-order chi connectivity index (χ1) is 13.4. The van der Waals surface area contributed by atoms with E-state index in [1.165, 1.54) is 36.4 Å². The fourth-order valence-corrected chi connectivity index (χ4v) is 3.05. The monoisotopic (exact) mass is 379 g/mol. The van der Waals surface area contributed by atoms with Crippen LogP contribution in [0, 0.1) is 19.7 Å². The number of hydrogen-bond acceptors (Lipinski definition) is 4. The van der Waals surface area contributed by atoms with Crippen molar-refractivity contribution in [3.05, 3.63) is 88.5 Å². The molecule has 0 radical (unpaired) electrons. The third kappa shape index (κ3) is 3.91. The number of ketones is 1. The van der Waals surface area contributed by atoms with E-state index < -0.39 is 12.6 Å². The Labute approximate surface area is 161 Å². The van der Waals surface area contributed by atoms with E-state index in [-0.39, 0.29) is 17.2 Å². The van der Waals surface area contributed by atoms with Crippen molar-refractivity contribution in [2.75, 3.05) is 6.61 Å². The van der Waals surface area contributed by atoms with Crippen LogP contribution in [0.4, 0.5) is 4.39 Å². The number of nitrogens with zero attached hydrogens (tertiary/aromatic N) is 1. The van der Waals surface area contributed by atoms with Crippen LogP contribution in [-0.4, -0.2) is 29.2 Å². The zero-order chi connectivity index (χ0) is 20.3. The van der Waals surface area contributed by atoms with Gasteiger partial charge in [0.2, 0.25) is 5.78 Å². The Kier molecular flexibility index (Phi) is 5.49. The molecule has 5 nitrogen and oxygen atoms in total. The van der Waals surface area contributed by atoms with Gasteiger partial charge in [0.25, 0.3) is 0 Å². The number of aromatic nitrogens is 1. The van der Waals surface area contributed by atoms with E-state index >= 15 is 0 Å². The molecule has 0 aliphatic rings. The van der Waals surface area contributed by atoms with Crippen molar-refractivity contribution in [2.24, 2.45) is 0 Å². The average Bonchev–Trinajstić information content (AvgIpc) is 3.00. The van der Waals surface area contributed by atoms with Gasteiger partial charge in [-0.2, -0.15) is 0 Å². The summed E-state index contributed by atoms with van der Waals surface area (Å²) in [5.41, 5.74) is 3.12. The third-order valence-corrected chi connectivity index (χ3v) is 4.41. The SMILES string of the molecule is Cc1cc(C(=O)COC(=O)c2ccc(C=O)cc2)c(C)n1-c1cccc(F)c1. The molecule has 1 heterocycles. The zero-order valence-electron chi connectivity index (χ0n) is 15.4. The van der Waals surface area contributed by atoms with Crippen molar-refractivity contribution in [1.29, 1.82) is 0 Å². The summed E-state index contributed by atoms with van der Waals surface area (Å²) in [5, 5.41) is 0. The molecular formula is C22H18FNO4. The van der Waals surface area contributed by atoms with Crippen LogP contribution in [0.15, 0.2) is 54.6 Å². The molecule has 0 spiro atoms. The summed E-state index contributed by atoms with van der Waals surface area (Å²) in [5.74, 6) is -1.37. The summed E-state index contributed by atoms with van der Waals surface area (Å²) in [6.07, 6.45) is 0.674. The first-order valence-electron chi connectivity index (χ1n) is 8.61. The molecule has 0 N–H and O–H groups in total. The van der Waals surface area contributed by atoms with E-state index in [4.69, 9.17) is 4.74 Å². The number of aryl methyl sites for hydroxylation is 1. The average molecular weight is 379 g/mol. The molecule has 28 heavy (non-hydrogen) atoms. The number of ether oxygens (including phenoxy) is 1. The number of esters is 1. The molecule has 0 saturated heterocycles. The van der Waals surface area contributed by atoms with Crippen molar-refractivity contribution >= 4 is 18.0 Å². The highest BCUT2D eigenvalue weighted by Gasteiger charge is 2.19. The minimum atomic E-state index is -0.648. The summed E-state index contributed by atoms with van der Waals surface area (Å²) in [7, 11) is 0. The lowest BCUT2D eigenvalue weighted by molar-refractivity contribution is 0.0474. The van der Waals surface area contributed by atoms with Crippen LogP contribution in [0.2, 0.25) is 0 Å². The topological polar surface area (TPSA) is 65.4 Å². The second-order valence-electron chi connectivity index (χ2n) is 6.34. The molecule has 0 saturated carbocycles. The molecule has 0 fully saturated rings. The van der Waals surface area contributed by atoms with Gasteiger partial charge in [0.1, 0.15) is 12.1 Å². The second-order valence-corrected chi connectivity index (χ2v) is 6.34. The van der Waals surface area contributed by atoms with E-state index in [2.05, 4.69) is 0 Å². The van der Waals surface area contributed by atoms with Crippen LogP contribution < -0.4 is 0 Å². The molecule has 6 heteroatoms. The van der Waals surface area contributed by atoms with Gasteiger partial charge in [-0.15, -0.1) is 0 Å². The minimum Gasteiger partial charge on any atom is -0.454 e. The molecule has 0 unspecified atom stereocenters. The van der Waals surface area contributed by atoms with Crippen molar-refractivity contribution in [2.45, 2.75) is 13.8 Å². The Bertz CT molecular complexity index is 1050. The first kappa shape index (κ1) is 19.2. The first-order valence-corrected chi connectivity index (χ1v) is 8.61. The van der Waals surface area contributed by atoms with E-state index in [1.54, 1.807) is 29.7 Å². The Balaban J connectivity index is 1.75. The molecule has 0 aliphatic carbocycles. The highest BCUT2D eigenvalue weighted by molar-refractivity contribution is 6.00. The van der Waals surface area contributed by atoms with E-state index in [0.717, 1.165) is 5.69 Å². The molecular weight excluding hydrogens is 361 g/mol. The maximum absolute atomic E-state index is 13.5. The van der Waals surface area contributed by atoms with Crippen molar-refractivity contribution < 1.29 is 23.5 Å². The fraction of sp³-hybridized carbons (Fsp3) is 0.136. The van der Waals surface area contributed by atoms with E-state index in [0.29, 0.717) is 28.8 Å². The standard InChI is InChI=1S/C22H18FNO4/c1-14-10-20(15(2)24(14)19-5-3-4-18(23)11-19)21(26)13-28-22(27)17-8-6-16(12-25)7-9-17/h3-12H,13H2,1-2H3. The Morgan fingerprint density at radius 2 is 1.79 bits per heavy atom. The van der Waals surface area contributed by atoms with Crippen LogP contribution in [0.3, 0.4) is 0 Å². The number of hydrogen-bond donors (Lipinski definition) is 0. The highest BCUT2D eigenvalue weighted by atomic mass is 19.1. The Hall–Kier alpha value is -3.54. The zero-order valence-corrected chi connectivity index (χ0v) is 15.4. The van der Waals surface area contributed by atoms with Crippen molar-refractivity contribution in [1.82, 2.24) is 4.57 Å². The van der Waals surface area contributed by atoms with Gasteiger partial charge >= 0.3 is 5.97 Å². The number of aldehydes is 1. The molecule has 3 rings (SSSR count). The van der Waals surface area contributed by atoms with Gasteiger partial charge in [0, 0.05) is 28.2 Å². The summed E-state index contributed by atoms with van der Waals surface area (Å²) in [6.45, 7) is 3.15. The number of carbonyl (C=O) groups excluding carboxylic acids is 3. The Morgan fingerprint density at radius 1 is 1.07 bits per heavy atom. The predicted molar refractivity (Wildman–Crippen MR) is 102 cm³/mol. The van der Waals surface area contributed by atoms with Gasteiger partial charge in [-0.1, -0.05) is 18.2 Å². The van der Waals surface area contributed by atoms with Gasteiger partial charge in [0.05, 0.1) is 5.56 Å². The number of Topliss-reactive ketones (excluding diaryl/α,β-unsaturated/α-hetero) is 1. The lowest BCUT2D eigenvalue weighted by atomic mass is 10.1. The number of benzene rings is 2. The third-order valence-electron chi connectivity index (χ3n) is 4.41. The van der Waals surface area contributed by atoms with Crippen LogP contribution >= 0.6 is 0 Å². The van der Waals surface area contributed by atoms with Gasteiger partial charge in [-0.25, -0.2) is 9.18 Å². The van der Waals surface area contributed by atoms with Crippen molar-refractivity contribution in [3.8, 4) is 5.69 Å². The molecule has 0 aliphatic heterocycles. The molecule has 0 amide bonds. The summed E-state index contributed by atoms with van der Waals surface area (Å²) in [6, 6.07) is 13.7. The normalized spacial score (nSPS) is 10.5. The Morgan fingerprint density at radius 3 is 2.43 bits per heavy atom. The molecule has 2 aromatic carbocycles. The van der Waals surface area contributed by atoms with Gasteiger partial charge < -0.3 is 9.30 Å². The summed E-state index contributed by atoms with van der Waals surface area (Å²) >= 11 is 0. The number of halogens is 1. The maximum atomic E-state index is 13.5. The molecule has 0 atom stereocenters. The van der Waals surface area contributed by atoms with Crippen LogP contribution in [0.5, 0.6) is 0 Å². The maximum Gasteiger partial charge on any atom is 0.338 e. The van der Waals surface area contributed by atoms with Gasteiger partial charge in [-0.3, -0.25) is 9.59 Å². The van der Waals surface area contributed by atoms with Gasteiger partial charge in [-0.05, 0) is 50.2 Å². The van der Waals surface area contributed by atoms with E-state index in [1.807, 2.05) is 6.92 Å². The van der Waals surface area contributed by atoms with Crippen molar-refractivity contribution in [3.63, 3.8) is 0 Å². The second kappa shape index (κ2) is 8.00. The number of carbonyl (C=O) groups is 3. The molecule has 1 aromatic heterocycles. The summed E-state index contributed by atoms with van der Waals surface area (Å²) < 4.78 is 20.4.